The molecule has 6 nitrogen and oxygen atoms in total. The molecule has 0 bridgehead atoms. The summed E-state index contributed by atoms with van der Waals surface area (Å²) >= 11 is 1.23. The van der Waals surface area contributed by atoms with E-state index in [1.54, 1.807) is 25.1 Å². The van der Waals surface area contributed by atoms with Gasteiger partial charge in [0.2, 0.25) is 0 Å². The van der Waals surface area contributed by atoms with E-state index >= 15 is 0 Å². The number of methoxy groups -OCH3 is 1. The zero-order valence-corrected chi connectivity index (χ0v) is 18.7. The van der Waals surface area contributed by atoms with Crippen LogP contribution >= 0.6 is 11.8 Å². The van der Waals surface area contributed by atoms with Crippen LogP contribution in [0, 0.1) is 12.7 Å². The number of thioether (sulfide) groups is 1. The van der Waals surface area contributed by atoms with E-state index < -0.39 is 11.9 Å². The number of H-pyrrole nitrogens is 1. The number of carbonyl (C=O) groups is 1. The molecule has 8 heteroatoms. The Morgan fingerprint density at radius 1 is 1.16 bits per heavy atom. The molecule has 0 spiro atoms. The van der Waals surface area contributed by atoms with E-state index in [4.69, 9.17) is 4.74 Å². The first-order chi connectivity index (χ1) is 15.4. The van der Waals surface area contributed by atoms with Gasteiger partial charge in [0.05, 0.1) is 24.2 Å². The Morgan fingerprint density at radius 2 is 1.88 bits per heavy atom. The van der Waals surface area contributed by atoms with Crippen molar-refractivity contribution in [3.05, 3.63) is 98.2 Å². The lowest BCUT2D eigenvalue weighted by Gasteiger charge is -2.28. The van der Waals surface area contributed by atoms with Gasteiger partial charge in [0, 0.05) is 11.4 Å². The summed E-state index contributed by atoms with van der Waals surface area (Å²) in [5.74, 6) is -0.748. The number of halogens is 1. The van der Waals surface area contributed by atoms with Crippen molar-refractivity contribution in [2.75, 3.05) is 12.4 Å². The zero-order valence-electron chi connectivity index (χ0n) is 17.9. The molecule has 1 aromatic heterocycles. The van der Waals surface area contributed by atoms with Crippen LogP contribution in [0.1, 0.15) is 35.1 Å². The Kier molecular flexibility index (Phi) is 6.14. The SMILES string of the molecule is COC(=O)C1=C(C)Nc2nc(SCc3ccccc3F)[nH]c(=O)c2C1c1ccc(C)cc1. The van der Waals surface area contributed by atoms with E-state index in [2.05, 4.69) is 15.3 Å². The summed E-state index contributed by atoms with van der Waals surface area (Å²) in [5.41, 5.74) is 3.29. The van der Waals surface area contributed by atoms with E-state index in [0.717, 1.165) is 11.1 Å². The average molecular weight is 452 g/mol. The smallest absolute Gasteiger partial charge is 0.336 e. The highest BCUT2D eigenvalue weighted by molar-refractivity contribution is 7.98. The lowest BCUT2D eigenvalue weighted by atomic mass is 9.82. The second kappa shape index (κ2) is 9.00. The number of aromatic amines is 1. The third-order valence-corrected chi connectivity index (χ3v) is 6.28. The monoisotopic (exact) mass is 451 g/mol. The Balaban J connectivity index is 1.76. The fourth-order valence-electron chi connectivity index (χ4n) is 3.73. The highest BCUT2D eigenvalue weighted by Gasteiger charge is 2.36. The number of nitrogens with zero attached hydrogens (tertiary/aromatic N) is 1. The Hall–Kier alpha value is -3.39. The summed E-state index contributed by atoms with van der Waals surface area (Å²) in [7, 11) is 1.31. The van der Waals surface area contributed by atoms with Crippen LogP contribution in [0.3, 0.4) is 0 Å². The number of ether oxygens (including phenoxy) is 1. The van der Waals surface area contributed by atoms with Gasteiger partial charge in [-0.05, 0) is 31.0 Å². The standard InChI is InChI=1S/C24H22FN3O3S/c1-13-8-10-15(11-9-13)19-18(23(30)31-3)14(2)26-21-20(19)22(29)28-24(27-21)32-12-16-6-4-5-7-17(16)25/h4-11,19H,12H2,1-3H3,(H2,26,27,28,29). The number of rotatable bonds is 5. The second-order valence-electron chi connectivity index (χ2n) is 7.51. The minimum Gasteiger partial charge on any atom is -0.466 e. The first kappa shape index (κ1) is 21.8. The van der Waals surface area contributed by atoms with E-state index in [0.29, 0.717) is 39.1 Å². The summed E-state index contributed by atoms with van der Waals surface area (Å²) < 4.78 is 19.0. The molecule has 32 heavy (non-hydrogen) atoms. The van der Waals surface area contributed by atoms with Crippen LogP contribution in [0.5, 0.6) is 0 Å². The first-order valence-electron chi connectivity index (χ1n) is 10.0. The molecule has 1 aliphatic heterocycles. The van der Waals surface area contributed by atoms with Crippen molar-refractivity contribution in [1.82, 2.24) is 9.97 Å². The molecule has 0 radical (unpaired) electrons. The second-order valence-corrected chi connectivity index (χ2v) is 8.48. The molecule has 1 atom stereocenters. The maximum absolute atomic E-state index is 13.9. The van der Waals surface area contributed by atoms with Crippen molar-refractivity contribution in [3.8, 4) is 0 Å². The molecule has 0 saturated heterocycles. The van der Waals surface area contributed by atoms with Crippen molar-refractivity contribution >= 4 is 23.5 Å². The van der Waals surface area contributed by atoms with Gasteiger partial charge in [0.1, 0.15) is 11.6 Å². The van der Waals surface area contributed by atoms with Crippen LogP contribution in [-0.4, -0.2) is 23.0 Å². The van der Waals surface area contributed by atoms with Gasteiger partial charge in [0.15, 0.2) is 5.16 Å². The molecule has 2 N–H and O–H groups in total. The number of carbonyl (C=O) groups excluding carboxylic acids is 1. The van der Waals surface area contributed by atoms with Gasteiger partial charge in [-0.25, -0.2) is 14.2 Å². The topological polar surface area (TPSA) is 84.1 Å². The largest absolute Gasteiger partial charge is 0.466 e. The van der Waals surface area contributed by atoms with Crippen molar-refractivity contribution < 1.29 is 13.9 Å². The zero-order chi connectivity index (χ0) is 22.8. The molecule has 2 aromatic carbocycles. The number of nitrogens with one attached hydrogen (secondary N) is 2. The molecule has 2 heterocycles. The summed E-state index contributed by atoms with van der Waals surface area (Å²) in [6.07, 6.45) is 0. The van der Waals surface area contributed by atoms with Crippen LogP contribution in [-0.2, 0) is 15.3 Å². The molecular formula is C24H22FN3O3S. The molecule has 0 saturated carbocycles. The van der Waals surface area contributed by atoms with Gasteiger partial charge >= 0.3 is 5.97 Å². The van der Waals surface area contributed by atoms with E-state index in [1.165, 1.54) is 24.9 Å². The van der Waals surface area contributed by atoms with E-state index in [1.807, 2.05) is 31.2 Å². The van der Waals surface area contributed by atoms with Crippen LogP contribution in [0.4, 0.5) is 10.2 Å². The summed E-state index contributed by atoms with van der Waals surface area (Å²) in [5, 5.41) is 3.45. The number of esters is 1. The molecule has 1 unspecified atom stereocenters. The minimum absolute atomic E-state index is 0.306. The maximum Gasteiger partial charge on any atom is 0.336 e. The van der Waals surface area contributed by atoms with Crippen molar-refractivity contribution in [2.45, 2.75) is 30.7 Å². The highest BCUT2D eigenvalue weighted by atomic mass is 32.2. The molecule has 164 valence electrons. The summed E-state index contributed by atoms with van der Waals surface area (Å²) in [4.78, 5) is 33.2. The van der Waals surface area contributed by atoms with Crippen molar-refractivity contribution in [1.29, 1.82) is 0 Å². The van der Waals surface area contributed by atoms with E-state index in [-0.39, 0.29) is 11.4 Å². The molecule has 0 aliphatic carbocycles. The number of allylic oxidation sites excluding steroid dienone is 1. The van der Waals surface area contributed by atoms with Gasteiger partial charge in [-0.3, -0.25) is 4.79 Å². The molecule has 3 aromatic rings. The first-order valence-corrected chi connectivity index (χ1v) is 11.0. The molecule has 0 amide bonds. The number of hydrogen-bond acceptors (Lipinski definition) is 6. The summed E-state index contributed by atoms with van der Waals surface area (Å²) in [6, 6.07) is 14.1. The number of fused-ring (bicyclic) bond motifs is 1. The maximum atomic E-state index is 13.9. The predicted octanol–water partition coefficient (Wildman–Crippen LogP) is 4.51. The van der Waals surface area contributed by atoms with Crippen molar-refractivity contribution in [3.63, 3.8) is 0 Å². The van der Waals surface area contributed by atoms with Gasteiger partial charge in [0.25, 0.3) is 5.56 Å². The molecule has 1 aliphatic rings. The van der Waals surface area contributed by atoms with Gasteiger partial charge in [-0.15, -0.1) is 0 Å². The Labute approximate surface area is 188 Å². The fourth-order valence-corrected chi connectivity index (χ4v) is 4.58. The molecule has 0 fully saturated rings. The normalized spacial score (nSPS) is 15.2. The van der Waals surface area contributed by atoms with Crippen LogP contribution in [0.15, 0.2) is 69.8 Å². The Bertz CT molecular complexity index is 1270. The van der Waals surface area contributed by atoms with Gasteiger partial charge in [-0.2, -0.15) is 0 Å². The third kappa shape index (κ3) is 4.18. The average Bonchev–Trinajstić information content (AvgIpc) is 2.77. The molecular weight excluding hydrogens is 429 g/mol. The van der Waals surface area contributed by atoms with Crippen molar-refractivity contribution in [2.24, 2.45) is 0 Å². The third-order valence-electron chi connectivity index (χ3n) is 5.36. The number of aryl methyl sites for hydroxylation is 1. The number of hydrogen-bond donors (Lipinski definition) is 2. The van der Waals surface area contributed by atoms with Crippen LogP contribution in [0.2, 0.25) is 0 Å². The summed E-state index contributed by atoms with van der Waals surface area (Å²) in [6.45, 7) is 3.72. The van der Waals surface area contributed by atoms with Crippen LogP contribution < -0.4 is 10.9 Å². The predicted molar refractivity (Wildman–Crippen MR) is 122 cm³/mol. The fraction of sp³-hybridized carbons (Fsp3) is 0.208. The lowest BCUT2D eigenvalue weighted by molar-refractivity contribution is -0.136. The quantitative estimate of drug-likeness (QED) is 0.337. The van der Waals surface area contributed by atoms with Gasteiger partial charge < -0.3 is 15.0 Å². The Morgan fingerprint density at radius 3 is 2.56 bits per heavy atom. The number of anilines is 1. The minimum atomic E-state index is -0.624. The van der Waals surface area contributed by atoms with Gasteiger partial charge in [-0.1, -0.05) is 59.8 Å². The molecule has 4 rings (SSSR count). The number of aromatic nitrogens is 2. The lowest BCUT2D eigenvalue weighted by Crippen LogP contribution is -2.31. The highest BCUT2D eigenvalue weighted by Crippen LogP contribution is 2.40. The van der Waals surface area contributed by atoms with E-state index in [9.17, 15) is 14.0 Å². The van der Waals surface area contributed by atoms with Crippen LogP contribution in [0.25, 0.3) is 0 Å². The number of benzene rings is 2.